The molecule has 0 aliphatic rings. The molecule has 0 fully saturated rings. The molecule has 0 aliphatic heterocycles. The lowest BCUT2D eigenvalue weighted by molar-refractivity contribution is 0.0759. The molecule has 1 unspecified atom stereocenters. The number of ether oxygens (including phenoxy) is 1. The maximum atomic E-state index is 14.0. The minimum Gasteiger partial charge on any atom is -0.481 e. The van der Waals surface area contributed by atoms with Crippen LogP contribution in [0, 0.1) is 11.6 Å². The lowest BCUT2D eigenvalue weighted by atomic mass is 10.2. The van der Waals surface area contributed by atoms with Gasteiger partial charge in [-0.3, -0.25) is 0 Å². The largest absolute Gasteiger partial charge is 0.481 e. The van der Waals surface area contributed by atoms with Crippen molar-refractivity contribution in [2.24, 2.45) is 0 Å². The molecule has 0 amide bonds. The normalized spacial score (nSPS) is 12.0. The van der Waals surface area contributed by atoms with Crippen LogP contribution in [0.3, 0.4) is 0 Å². The van der Waals surface area contributed by atoms with Crippen LogP contribution in [-0.4, -0.2) is 38.9 Å². The summed E-state index contributed by atoms with van der Waals surface area (Å²) in [7, 11) is 0. The molecule has 0 radical (unpaired) electrons. The van der Waals surface area contributed by atoms with Gasteiger partial charge in [0.1, 0.15) is 33.0 Å². The van der Waals surface area contributed by atoms with Gasteiger partial charge in [0.15, 0.2) is 0 Å². The summed E-state index contributed by atoms with van der Waals surface area (Å²) in [5.74, 6) is -1.46. The number of rotatable bonds is 9. The predicted molar refractivity (Wildman–Crippen MR) is 110 cm³/mol. The Morgan fingerprint density at radius 2 is 2.07 bits per heavy atom. The summed E-state index contributed by atoms with van der Waals surface area (Å²) in [6.07, 6.45) is 0.917. The van der Waals surface area contributed by atoms with Crippen LogP contribution in [0.5, 0.6) is 5.06 Å². The van der Waals surface area contributed by atoms with Crippen molar-refractivity contribution in [3.8, 4) is 15.6 Å². The number of aromatic nitrogens is 2. The fraction of sp³-hybridized carbons (Fsp3) is 0.222. The molecule has 0 saturated heterocycles. The standard InChI is InChI=1S/C18H18F2N4O3S2/c1-9(23-13-7-22-29-18(13)27-6-5-10(26)8-25)15-16(21)28-17(24-15)14-11(19)3-2-4-12(14)20/h2-4,7,10,23,25-26H,1,5-6,8,21H2. The number of aliphatic hydroxyl groups excluding tert-OH is 2. The molecule has 0 spiro atoms. The van der Waals surface area contributed by atoms with Gasteiger partial charge in [0.2, 0.25) is 5.06 Å². The SMILES string of the molecule is C=C(Nc1cnsc1OCCC(O)CO)c1nc(-c2c(F)cccc2F)sc1N. The van der Waals surface area contributed by atoms with Crippen molar-refractivity contribution in [1.82, 2.24) is 9.36 Å². The second-order valence-electron chi connectivity index (χ2n) is 5.93. The molecule has 1 aromatic carbocycles. The molecule has 2 heterocycles. The molecular weight excluding hydrogens is 422 g/mol. The third-order valence-corrected chi connectivity index (χ3v) is 5.45. The fourth-order valence-electron chi connectivity index (χ4n) is 2.37. The molecule has 0 bridgehead atoms. The van der Waals surface area contributed by atoms with E-state index in [-0.39, 0.29) is 40.9 Å². The van der Waals surface area contributed by atoms with Crippen molar-refractivity contribution in [3.63, 3.8) is 0 Å². The molecule has 29 heavy (non-hydrogen) atoms. The first-order valence-electron chi connectivity index (χ1n) is 8.44. The summed E-state index contributed by atoms with van der Waals surface area (Å²) >= 11 is 2.04. The Bertz CT molecular complexity index is 989. The predicted octanol–water partition coefficient (Wildman–Crippen LogP) is 3.33. The van der Waals surface area contributed by atoms with E-state index >= 15 is 0 Å². The monoisotopic (exact) mass is 440 g/mol. The Hall–Kier alpha value is -2.60. The van der Waals surface area contributed by atoms with E-state index in [4.69, 9.17) is 15.6 Å². The highest BCUT2D eigenvalue weighted by molar-refractivity contribution is 7.19. The van der Waals surface area contributed by atoms with Crippen LogP contribution in [0.25, 0.3) is 16.3 Å². The van der Waals surface area contributed by atoms with Crippen molar-refractivity contribution in [2.75, 3.05) is 24.3 Å². The van der Waals surface area contributed by atoms with Crippen LogP contribution in [0.2, 0.25) is 0 Å². The number of nitrogens with two attached hydrogens (primary N) is 1. The minimum absolute atomic E-state index is 0.106. The third-order valence-electron chi connectivity index (χ3n) is 3.83. The molecule has 1 atom stereocenters. The van der Waals surface area contributed by atoms with E-state index in [9.17, 15) is 13.9 Å². The van der Waals surface area contributed by atoms with Gasteiger partial charge in [-0.1, -0.05) is 24.0 Å². The van der Waals surface area contributed by atoms with Crippen molar-refractivity contribution in [1.29, 1.82) is 0 Å². The maximum Gasteiger partial charge on any atom is 0.217 e. The van der Waals surface area contributed by atoms with Gasteiger partial charge >= 0.3 is 0 Å². The summed E-state index contributed by atoms with van der Waals surface area (Å²) in [6.45, 7) is 3.73. The van der Waals surface area contributed by atoms with E-state index in [0.29, 0.717) is 16.4 Å². The van der Waals surface area contributed by atoms with Crippen molar-refractivity contribution in [2.45, 2.75) is 12.5 Å². The number of thiazole rings is 1. The number of nitrogens with zero attached hydrogens (tertiary/aromatic N) is 2. The van der Waals surface area contributed by atoms with E-state index in [1.54, 1.807) is 0 Å². The number of anilines is 2. The zero-order chi connectivity index (χ0) is 21.0. The van der Waals surface area contributed by atoms with Crippen LogP contribution in [0.4, 0.5) is 19.5 Å². The molecule has 5 N–H and O–H groups in total. The number of nitrogens with one attached hydrogen (secondary N) is 1. The van der Waals surface area contributed by atoms with Gasteiger partial charge in [-0.15, -0.1) is 0 Å². The molecule has 0 saturated carbocycles. The Morgan fingerprint density at radius 3 is 2.76 bits per heavy atom. The fourth-order valence-corrected chi connectivity index (χ4v) is 3.87. The number of hydrogen-bond acceptors (Lipinski definition) is 9. The summed E-state index contributed by atoms with van der Waals surface area (Å²) in [5, 5.41) is 22.0. The quantitative estimate of drug-likeness (QED) is 0.404. The second kappa shape index (κ2) is 9.27. The van der Waals surface area contributed by atoms with E-state index < -0.39 is 17.7 Å². The Labute approximate surface area is 173 Å². The first kappa shape index (κ1) is 21.1. The summed E-state index contributed by atoms with van der Waals surface area (Å²) in [6, 6.07) is 3.57. The van der Waals surface area contributed by atoms with E-state index in [0.717, 1.165) is 35.0 Å². The minimum atomic E-state index is -0.860. The zero-order valence-electron chi connectivity index (χ0n) is 15.1. The molecular formula is C18H18F2N4O3S2. The maximum absolute atomic E-state index is 14.0. The lowest BCUT2D eigenvalue weighted by Gasteiger charge is -2.11. The number of nitrogen functional groups attached to an aromatic ring is 1. The van der Waals surface area contributed by atoms with Gasteiger partial charge in [-0.05, 0) is 12.1 Å². The highest BCUT2D eigenvalue weighted by atomic mass is 32.1. The number of halogens is 2. The van der Waals surface area contributed by atoms with Gasteiger partial charge in [0.05, 0.1) is 36.8 Å². The van der Waals surface area contributed by atoms with Crippen molar-refractivity contribution < 1.29 is 23.7 Å². The lowest BCUT2D eigenvalue weighted by Crippen LogP contribution is -2.15. The first-order valence-corrected chi connectivity index (χ1v) is 10.0. The summed E-state index contributed by atoms with van der Waals surface area (Å²) < 4.78 is 37.6. The zero-order valence-corrected chi connectivity index (χ0v) is 16.7. The smallest absolute Gasteiger partial charge is 0.217 e. The van der Waals surface area contributed by atoms with Crippen molar-refractivity contribution >= 4 is 39.3 Å². The molecule has 3 rings (SSSR count). The van der Waals surface area contributed by atoms with Crippen LogP contribution < -0.4 is 15.8 Å². The number of hydrogen-bond donors (Lipinski definition) is 4. The van der Waals surface area contributed by atoms with Gasteiger partial charge in [0, 0.05) is 18.0 Å². The highest BCUT2D eigenvalue weighted by Gasteiger charge is 2.20. The number of benzene rings is 1. The molecule has 0 aliphatic carbocycles. The van der Waals surface area contributed by atoms with Gasteiger partial charge in [-0.25, -0.2) is 13.8 Å². The van der Waals surface area contributed by atoms with Gasteiger partial charge in [-0.2, -0.15) is 4.37 Å². The third kappa shape index (κ3) is 4.88. The molecule has 154 valence electrons. The average molecular weight is 440 g/mol. The highest BCUT2D eigenvalue weighted by Crippen LogP contribution is 2.37. The molecule has 2 aromatic heterocycles. The Kier molecular flexibility index (Phi) is 6.75. The van der Waals surface area contributed by atoms with E-state index in [1.807, 2.05) is 0 Å². The van der Waals surface area contributed by atoms with E-state index in [2.05, 4.69) is 21.3 Å². The Balaban J connectivity index is 1.74. The number of aliphatic hydroxyl groups is 2. The molecule has 3 aromatic rings. The van der Waals surface area contributed by atoms with Gasteiger partial charge < -0.3 is 26.0 Å². The van der Waals surface area contributed by atoms with Crippen LogP contribution in [-0.2, 0) is 0 Å². The first-order chi connectivity index (χ1) is 13.9. The van der Waals surface area contributed by atoms with Crippen LogP contribution >= 0.6 is 22.9 Å². The van der Waals surface area contributed by atoms with Crippen LogP contribution in [0.15, 0.2) is 31.0 Å². The topological polar surface area (TPSA) is 114 Å². The molecule has 11 heteroatoms. The molecule has 7 nitrogen and oxygen atoms in total. The van der Waals surface area contributed by atoms with Gasteiger partial charge in [0.25, 0.3) is 0 Å². The summed E-state index contributed by atoms with van der Waals surface area (Å²) in [4.78, 5) is 4.24. The van der Waals surface area contributed by atoms with E-state index in [1.165, 1.54) is 12.3 Å². The summed E-state index contributed by atoms with van der Waals surface area (Å²) in [5.41, 5.74) is 6.82. The van der Waals surface area contributed by atoms with Crippen molar-refractivity contribution in [3.05, 3.63) is 48.3 Å². The average Bonchev–Trinajstić information content (AvgIpc) is 3.28. The second-order valence-corrected chi connectivity index (χ2v) is 7.73. The van der Waals surface area contributed by atoms with Crippen LogP contribution in [0.1, 0.15) is 12.1 Å². The Morgan fingerprint density at radius 1 is 1.34 bits per heavy atom.